The molecule has 3 aliphatic carbocycles. The molecule has 0 saturated heterocycles. The number of hydrogen-bond acceptors (Lipinski definition) is 3. The van der Waals surface area contributed by atoms with Crippen LogP contribution in [0.5, 0.6) is 0 Å². The van der Waals surface area contributed by atoms with Gasteiger partial charge < -0.3 is 5.11 Å². The molecule has 0 bridgehead atoms. The van der Waals surface area contributed by atoms with Crippen molar-refractivity contribution in [1.82, 2.24) is 0 Å². The topological polar surface area (TPSA) is 54.4 Å². The van der Waals surface area contributed by atoms with Gasteiger partial charge in [-0.15, -0.1) is 0 Å². The summed E-state index contributed by atoms with van der Waals surface area (Å²) in [4.78, 5) is 24.2. The first-order valence-corrected chi connectivity index (χ1v) is 6.40. The number of ketones is 2. The maximum Gasteiger partial charge on any atom is 0.167 e. The van der Waals surface area contributed by atoms with E-state index in [4.69, 9.17) is 0 Å². The van der Waals surface area contributed by atoms with Crippen LogP contribution in [0.3, 0.4) is 0 Å². The molecule has 1 fully saturated rings. The van der Waals surface area contributed by atoms with E-state index in [1.54, 1.807) is 12.2 Å². The molecule has 18 heavy (non-hydrogen) atoms. The van der Waals surface area contributed by atoms with Gasteiger partial charge in [-0.2, -0.15) is 0 Å². The van der Waals surface area contributed by atoms with E-state index in [1.165, 1.54) is 0 Å². The van der Waals surface area contributed by atoms with Gasteiger partial charge in [-0.3, -0.25) is 9.59 Å². The van der Waals surface area contributed by atoms with Crippen LogP contribution in [-0.2, 0) is 9.59 Å². The highest BCUT2D eigenvalue weighted by Crippen LogP contribution is 2.64. The van der Waals surface area contributed by atoms with Crippen molar-refractivity contribution in [1.29, 1.82) is 0 Å². The lowest BCUT2D eigenvalue weighted by Crippen LogP contribution is -2.47. The third-order valence-electron chi connectivity index (χ3n) is 5.35. The van der Waals surface area contributed by atoms with E-state index in [9.17, 15) is 14.7 Å². The van der Waals surface area contributed by atoms with Crippen LogP contribution in [0.1, 0.15) is 34.1 Å². The molecule has 0 aliphatic heterocycles. The monoisotopic (exact) mass is 246 g/mol. The first-order chi connectivity index (χ1) is 8.14. The van der Waals surface area contributed by atoms with Crippen molar-refractivity contribution < 1.29 is 14.7 Å². The predicted octanol–water partition coefficient (Wildman–Crippen LogP) is 1.81. The van der Waals surface area contributed by atoms with E-state index in [1.807, 2.05) is 27.7 Å². The van der Waals surface area contributed by atoms with Crippen molar-refractivity contribution in [2.45, 2.75) is 39.7 Å². The van der Waals surface area contributed by atoms with Crippen LogP contribution in [-0.4, -0.2) is 22.3 Å². The van der Waals surface area contributed by atoms with Gasteiger partial charge in [-0.1, -0.05) is 27.7 Å². The van der Waals surface area contributed by atoms with Crippen molar-refractivity contribution >= 4 is 11.6 Å². The maximum atomic E-state index is 12.3. The van der Waals surface area contributed by atoms with Crippen molar-refractivity contribution in [3.05, 3.63) is 23.3 Å². The number of rotatable bonds is 0. The Balaban J connectivity index is 2.24. The molecule has 0 aromatic carbocycles. The molecule has 0 aromatic rings. The molecule has 3 rings (SSSR count). The molecule has 3 nitrogen and oxygen atoms in total. The van der Waals surface area contributed by atoms with E-state index >= 15 is 0 Å². The van der Waals surface area contributed by atoms with E-state index in [2.05, 4.69) is 0 Å². The third kappa shape index (κ3) is 0.970. The highest BCUT2D eigenvalue weighted by molar-refractivity contribution is 6.08. The zero-order valence-electron chi connectivity index (χ0n) is 11.2. The molecule has 0 spiro atoms. The average molecular weight is 246 g/mol. The fourth-order valence-electron chi connectivity index (χ4n) is 3.92. The number of hydrogen-bond donors (Lipinski definition) is 1. The van der Waals surface area contributed by atoms with Crippen molar-refractivity contribution in [2.24, 2.45) is 16.7 Å². The van der Waals surface area contributed by atoms with E-state index in [0.717, 1.165) is 5.57 Å². The van der Waals surface area contributed by atoms with Gasteiger partial charge in [0.05, 0.1) is 0 Å². The molecule has 96 valence electrons. The molecule has 3 heteroatoms. The summed E-state index contributed by atoms with van der Waals surface area (Å²) in [6, 6.07) is 0. The minimum absolute atomic E-state index is 0.0150. The summed E-state index contributed by atoms with van der Waals surface area (Å²) in [5, 5.41) is 11.1. The van der Waals surface area contributed by atoms with Gasteiger partial charge in [0.2, 0.25) is 0 Å². The first kappa shape index (κ1) is 11.8. The smallest absolute Gasteiger partial charge is 0.167 e. The van der Waals surface area contributed by atoms with Crippen LogP contribution in [0, 0.1) is 16.7 Å². The Bertz CT molecular complexity index is 552. The average Bonchev–Trinajstić information content (AvgIpc) is 2.68. The van der Waals surface area contributed by atoms with Gasteiger partial charge in [0.15, 0.2) is 11.6 Å². The Morgan fingerprint density at radius 2 is 1.83 bits per heavy atom. The van der Waals surface area contributed by atoms with Crippen LogP contribution in [0.2, 0.25) is 0 Å². The Labute approximate surface area is 107 Å². The van der Waals surface area contributed by atoms with Gasteiger partial charge in [0, 0.05) is 22.3 Å². The van der Waals surface area contributed by atoms with Crippen LogP contribution in [0.25, 0.3) is 0 Å². The zero-order valence-corrected chi connectivity index (χ0v) is 11.2. The SMILES string of the molecule is CC1C(=O)C=C2C=C3C(=O)C(C)(C)CC3(O)C21C. The van der Waals surface area contributed by atoms with E-state index in [0.29, 0.717) is 12.0 Å². The quantitative estimate of drug-likeness (QED) is 0.709. The van der Waals surface area contributed by atoms with Crippen LogP contribution in [0.4, 0.5) is 0 Å². The fraction of sp³-hybridized carbons (Fsp3) is 0.600. The lowest BCUT2D eigenvalue weighted by molar-refractivity contribution is -0.124. The van der Waals surface area contributed by atoms with E-state index in [-0.39, 0.29) is 17.5 Å². The number of aliphatic hydroxyl groups is 1. The zero-order chi connectivity index (χ0) is 13.5. The Kier molecular flexibility index (Phi) is 1.88. The summed E-state index contributed by atoms with van der Waals surface area (Å²) in [6.45, 7) is 7.48. The lowest BCUT2D eigenvalue weighted by atomic mass is 9.65. The van der Waals surface area contributed by atoms with Gasteiger partial charge in [0.1, 0.15) is 5.60 Å². The predicted molar refractivity (Wildman–Crippen MR) is 66.8 cm³/mol. The molecule has 1 saturated carbocycles. The first-order valence-electron chi connectivity index (χ1n) is 6.40. The standard InChI is InChI=1S/C15H18O3/c1-8-11(16)6-9-5-10-12(17)13(2,3)7-15(10,18)14(8,9)4/h5-6,8,18H,7H2,1-4H3. The lowest BCUT2D eigenvalue weighted by Gasteiger charge is -2.41. The largest absolute Gasteiger partial charge is 0.384 e. The molecule has 0 radical (unpaired) electrons. The fourth-order valence-corrected chi connectivity index (χ4v) is 3.92. The maximum absolute atomic E-state index is 12.3. The van der Waals surface area contributed by atoms with Crippen molar-refractivity contribution in [2.75, 3.05) is 0 Å². The molecule has 3 unspecified atom stereocenters. The number of allylic oxidation sites excluding steroid dienone is 2. The summed E-state index contributed by atoms with van der Waals surface area (Å²) < 4.78 is 0. The van der Waals surface area contributed by atoms with E-state index < -0.39 is 16.4 Å². The second-order valence-corrected chi connectivity index (χ2v) is 6.73. The summed E-state index contributed by atoms with van der Waals surface area (Å²) in [7, 11) is 0. The summed E-state index contributed by atoms with van der Waals surface area (Å²) in [5.74, 6) is -0.206. The highest BCUT2D eigenvalue weighted by atomic mass is 16.3. The third-order valence-corrected chi connectivity index (χ3v) is 5.35. The molecule has 1 N–H and O–H groups in total. The second-order valence-electron chi connectivity index (χ2n) is 6.73. The number of carbonyl (C=O) groups is 2. The van der Waals surface area contributed by atoms with Crippen LogP contribution >= 0.6 is 0 Å². The minimum Gasteiger partial charge on any atom is -0.384 e. The second kappa shape index (κ2) is 2.85. The van der Waals surface area contributed by atoms with Gasteiger partial charge in [0.25, 0.3) is 0 Å². The highest BCUT2D eigenvalue weighted by Gasteiger charge is 2.68. The molecular formula is C15H18O3. The molecule has 3 aliphatic rings. The molecule has 0 heterocycles. The van der Waals surface area contributed by atoms with Gasteiger partial charge in [-0.25, -0.2) is 0 Å². The summed E-state index contributed by atoms with van der Waals surface area (Å²) in [5.41, 5.74) is -1.03. The van der Waals surface area contributed by atoms with Crippen LogP contribution < -0.4 is 0 Å². The molecular weight excluding hydrogens is 228 g/mol. The van der Waals surface area contributed by atoms with Gasteiger partial charge >= 0.3 is 0 Å². The summed E-state index contributed by atoms with van der Waals surface area (Å²) >= 11 is 0. The Morgan fingerprint density at radius 3 is 2.44 bits per heavy atom. The van der Waals surface area contributed by atoms with Crippen molar-refractivity contribution in [3.63, 3.8) is 0 Å². The Hall–Kier alpha value is -1.22. The van der Waals surface area contributed by atoms with Crippen molar-refractivity contribution in [3.8, 4) is 0 Å². The Morgan fingerprint density at radius 1 is 1.22 bits per heavy atom. The number of fused-ring (bicyclic) bond motifs is 3. The molecule has 0 aromatic heterocycles. The molecule has 0 amide bonds. The normalized spacial score (nSPS) is 44.8. The number of carbonyl (C=O) groups excluding carboxylic acids is 2. The van der Waals surface area contributed by atoms with Gasteiger partial charge in [-0.05, 0) is 24.1 Å². The minimum atomic E-state index is -1.18. The summed E-state index contributed by atoms with van der Waals surface area (Å²) in [6.07, 6.45) is 3.74. The molecule has 3 atom stereocenters. The number of Topliss-reactive ketones (excluding diaryl/α,β-unsaturated/α-hetero) is 1. The van der Waals surface area contributed by atoms with Crippen LogP contribution in [0.15, 0.2) is 23.3 Å².